The van der Waals surface area contributed by atoms with E-state index in [2.05, 4.69) is 31.7 Å². The van der Waals surface area contributed by atoms with Crippen molar-refractivity contribution in [2.24, 2.45) is 0 Å². The molecule has 0 aromatic carbocycles. The van der Waals surface area contributed by atoms with E-state index in [4.69, 9.17) is 0 Å². The molecule has 84 valence electrons. The van der Waals surface area contributed by atoms with Gasteiger partial charge in [-0.25, -0.2) is 9.97 Å². The number of rotatable bonds is 5. The van der Waals surface area contributed by atoms with Gasteiger partial charge in [-0.2, -0.15) is 0 Å². The molecule has 0 saturated heterocycles. The van der Waals surface area contributed by atoms with Crippen molar-refractivity contribution >= 4 is 11.6 Å². The second-order valence-corrected chi connectivity index (χ2v) is 3.41. The molecular formula is C11H15N5. The van der Waals surface area contributed by atoms with Crippen LogP contribution in [0.2, 0.25) is 0 Å². The van der Waals surface area contributed by atoms with Crippen LogP contribution in [-0.2, 0) is 6.42 Å². The number of nitrogens with zero attached hydrogens (tertiary/aromatic N) is 2. The van der Waals surface area contributed by atoms with Gasteiger partial charge in [-0.15, -0.1) is 0 Å². The lowest BCUT2D eigenvalue weighted by molar-refractivity contribution is 0.964. The lowest BCUT2D eigenvalue weighted by Crippen LogP contribution is -2.07. The zero-order chi connectivity index (χ0) is 11.2. The molecule has 0 bridgehead atoms. The van der Waals surface area contributed by atoms with E-state index in [1.165, 1.54) is 5.69 Å². The standard InChI is InChI=1S/C11H15N5/c1-12-10-7-11(16-8-15-10)14-6-4-9-3-2-5-13-9/h2-3,5,7-8,13H,4,6H2,1H3,(H2,12,14,15,16). The average molecular weight is 217 g/mol. The molecule has 0 spiro atoms. The Balaban J connectivity index is 1.85. The molecule has 0 saturated carbocycles. The molecule has 0 fully saturated rings. The second-order valence-electron chi connectivity index (χ2n) is 3.41. The third-order valence-electron chi connectivity index (χ3n) is 2.29. The summed E-state index contributed by atoms with van der Waals surface area (Å²) in [5, 5.41) is 6.22. The predicted molar refractivity (Wildman–Crippen MR) is 64.6 cm³/mol. The maximum atomic E-state index is 4.13. The van der Waals surface area contributed by atoms with Crippen molar-refractivity contribution in [1.29, 1.82) is 0 Å². The molecule has 5 heteroatoms. The Morgan fingerprint density at radius 2 is 2.19 bits per heavy atom. The summed E-state index contributed by atoms with van der Waals surface area (Å²) in [5.74, 6) is 1.66. The molecule has 2 heterocycles. The number of aromatic nitrogens is 3. The molecule has 0 atom stereocenters. The molecule has 0 radical (unpaired) electrons. The Bertz CT molecular complexity index is 424. The van der Waals surface area contributed by atoms with Gasteiger partial charge in [-0.05, 0) is 12.1 Å². The molecule has 3 N–H and O–H groups in total. The maximum absolute atomic E-state index is 4.13. The summed E-state index contributed by atoms with van der Waals surface area (Å²) < 4.78 is 0. The number of hydrogen-bond donors (Lipinski definition) is 3. The third-order valence-corrected chi connectivity index (χ3v) is 2.29. The predicted octanol–water partition coefficient (Wildman–Crippen LogP) is 1.50. The minimum atomic E-state index is 0.817. The zero-order valence-corrected chi connectivity index (χ0v) is 9.20. The number of nitrogens with one attached hydrogen (secondary N) is 3. The van der Waals surface area contributed by atoms with Crippen molar-refractivity contribution in [1.82, 2.24) is 15.0 Å². The van der Waals surface area contributed by atoms with E-state index in [0.717, 1.165) is 24.6 Å². The van der Waals surface area contributed by atoms with Crippen LogP contribution in [0.4, 0.5) is 11.6 Å². The zero-order valence-electron chi connectivity index (χ0n) is 9.20. The summed E-state index contributed by atoms with van der Waals surface area (Å²) >= 11 is 0. The molecule has 0 unspecified atom stereocenters. The average Bonchev–Trinajstić information content (AvgIpc) is 2.82. The van der Waals surface area contributed by atoms with Gasteiger partial charge in [0.25, 0.3) is 0 Å². The van der Waals surface area contributed by atoms with Gasteiger partial charge in [0.05, 0.1) is 0 Å². The fourth-order valence-electron chi connectivity index (χ4n) is 1.44. The summed E-state index contributed by atoms with van der Waals surface area (Å²) in [6.45, 7) is 0.848. The third kappa shape index (κ3) is 2.73. The molecular weight excluding hydrogens is 202 g/mol. The van der Waals surface area contributed by atoms with Gasteiger partial charge >= 0.3 is 0 Å². The summed E-state index contributed by atoms with van der Waals surface area (Å²) in [4.78, 5) is 11.3. The first-order chi connectivity index (χ1) is 7.88. The van der Waals surface area contributed by atoms with Crippen LogP contribution in [0.15, 0.2) is 30.7 Å². The van der Waals surface area contributed by atoms with Crippen LogP contribution in [0, 0.1) is 0 Å². The van der Waals surface area contributed by atoms with E-state index in [1.54, 1.807) is 6.33 Å². The summed E-state index contributed by atoms with van der Waals surface area (Å²) in [7, 11) is 1.84. The van der Waals surface area contributed by atoms with E-state index in [0.29, 0.717) is 0 Å². The Labute approximate surface area is 94.3 Å². The smallest absolute Gasteiger partial charge is 0.131 e. The minimum Gasteiger partial charge on any atom is -0.373 e. The van der Waals surface area contributed by atoms with Crippen LogP contribution in [0.1, 0.15) is 5.69 Å². The monoisotopic (exact) mass is 217 g/mol. The van der Waals surface area contributed by atoms with Gasteiger partial charge in [-0.3, -0.25) is 0 Å². The van der Waals surface area contributed by atoms with Gasteiger partial charge in [0.2, 0.25) is 0 Å². The maximum Gasteiger partial charge on any atom is 0.131 e. The first-order valence-corrected chi connectivity index (χ1v) is 5.24. The Morgan fingerprint density at radius 3 is 2.94 bits per heavy atom. The van der Waals surface area contributed by atoms with Crippen LogP contribution in [0.25, 0.3) is 0 Å². The van der Waals surface area contributed by atoms with Gasteiger partial charge < -0.3 is 15.6 Å². The Morgan fingerprint density at radius 1 is 1.31 bits per heavy atom. The fraction of sp³-hybridized carbons (Fsp3) is 0.273. The molecule has 0 aliphatic heterocycles. The molecule has 16 heavy (non-hydrogen) atoms. The van der Waals surface area contributed by atoms with Crippen LogP contribution >= 0.6 is 0 Å². The molecule has 2 aromatic rings. The van der Waals surface area contributed by atoms with Crippen molar-refractivity contribution in [2.75, 3.05) is 24.2 Å². The summed E-state index contributed by atoms with van der Waals surface area (Å²) in [6, 6.07) is 5.95. The molecule has 5 nitrogen and oxygen atoms in total. The Kier molecular flexibility index (Phi) is 3.38. The first kappa shape index (κ1) is 10.5. The molecule has 2 rings (SSSR count). The quantitative estimate of drug-likeness (QED) is 0.710. The van der Waals surface area contributed by atoms with Crippen LogP contribution in [-0.4, -0.2) is 28.5 Å². The van der Waals surface area contributed by atoms with Gasteiger partial charge in [0.15, 0.2) is 0 Å². The lowest BCUT2D eigenvalue weighted by Gasteiger charge is -2.05. The van der Waals surface area contributed by atoms with Crippen molar-refractivity contribution in [2.45, 2.75) is 6.42 Å². The minimum absolute atomic E-state index is 0.817. The SMILES string of the molecule is CNc1cc(NCCc2ccc[nH]2)ncn1. The van der Waals surface area contributed by atoms with Crippen LogP contribution < -0.4 is 10.6 Å². The topological polar surface area (TPSA) is 65.6 Å². The number of aromatic amines is 1. The molecule has 2 aromatic heterocycles. The fourth-order valence-corrected chi connectivity index (χ4v) is 1.44. The van der Waals surface area contributed by atoms with Crippen molar-refractivity contribution in [3.63, 3.8) is 0 Å². The molecule has 0 aliphatic carbocycles. The largest absolute Gasteiger partial charge is 0.373 e. The number of H-pyrrole nitrogens is 1. The van der Waals surface area contributed by atoms with Gasteiger partial charge in [0, 0.05) is 38.0 Å². The summed E-state index contributed by atoms with van der Waals surface area (Å²) in [6.07, 6.45) is 4.42. The van der Waals surface area contributed by atoms with E-state index in [1.807, 2.05) is 25.4 Å². The highest BCUT2D eigenvalue weighted by Gasteiger charge is 1.97. The second kappa shape index (κ2) is 5.16. The Hall–Kier alpha value is -2.04. The molecule has 0 amide bonds. The van der Waals surface area contributed by atoms with E-state index < -0.39 is 0 Å². The first-order valence-electron chi connectivity index (χ1n) is 5.24. The highest BCUT2D eigenvalue weighted by atomic mass is 15.0. The van der Waals surface area contributed by atoms with Crippen LogP contribution in [0.3, 0.4) is 0 Å². The lowest BCUT2D eigenvalue weighted by atomic mass is 10.3. The highest BCUT2D eigenvalue weighted by Crippen LogP contribution is 2.07. The normalized spacial score (nSPS) is 10.1. The van der Waals surface area contributed by atoms with Gasteiger partial charge in [-0.1, -0.05) is 0 Å². The number of anilines is 2. The van der Waals surface area contributed by atoms with Crippen LogP contribution in [0.5, 0.6) is 0 Å². The van der Waals surface area contributed by atoms with E-state index in [9.17, 15) is 0 Å². The van der Waals surface area contributed by atoms with Crippen molar-refractivity contribution in [3.05, 3.63) is 36.4 Å². The van der Waals surface area contributed by atoms with Crippen molar-refractivity contribution in [3.8, 4) is 0 Å². The van der Waals surface area contributed by atoms with Crippen molar-refractivity contribution < 1.29 is 0 Å². The number of hydrogen-bond acceptors (Lipinski definition) is 4. The highest BCUT2D eigenvalue weighted by molar-refractivity contribution is 5.45. The molecule has 0 aliphatic rings. The van der Waals surface area contributed by atoms with Gasteiger partial charge in [0.1, 0.15) is 18.0 Å². The van der Waals surface area contributed by atoms with E-state index >= 15 is 0 Å². The summed E-state index contributed by atoms with van der Waals surface area (Å²) in [5.41, 5.74) is 1.22. The van der Waals surface area contributed by atoms with E-state index in [-0.39, 0.29) is 0 Å².